The zero-order valence-electron chi connectivity index (χ0n) is 5.88. The summed E-state index contributed by atoms with van der Waals surface area (Å²) in [6.45, 7) is 2.95. The van der Waals surface area contributed by atoms with Crippen LogP contribution in [0.3, 0.4) is 0 Å². The Balaban J connectivity index is 0. The molecule has 0 unspecified atom stereocenters. The van der Waals surface area contributed by atoms with Crippen molar-refractivity contribution in [2.24, 2.45) is 0 Å². The number of hydrogen-bond donors (Lipinski definition) is 1. The number of ether oxygens (including phenoxy) is 1. The van der Waals surface area contributed by atoms with Gasteiger partial charge in [-0.3, -0.25) is 0 Å². The van der Waals surface area contributed by atoms with Crippen LogP contribution in [0, 0.1) is 0 Å². The summed E-state index contributed by atoms with van der Waals surface area (Å²) in [6.07, 6.45) is 0. The molecule has 0 aromatic heterocycles. The third kappa shape index (κ3) is 1.94. The minimum Gasteiger partial charge on any atom is -0.477 e. The van der Waals surface area contributed by atoms with E-state index >= 15 is 0 Å². The van der Waals surface area contributed by atoms with Crippen LogP contribution in [0.15, 0.2) is 12.2 Å². The predicted octanol–water partition coefficient (Wildman–Crippen LogP) is -0.0873. The maximum atomic E-state index is 10.3. The molecule has 0 aromatic rings. The fraction of sp³-hybridized carbons (Fsp3) is 0.200. The van der Waals surface area contributed by atoms with Crippen LogP contribution >= 0.6 is 0 Å². The van der Waals surface area contributed by atoms with E-state index in [2.05, 4.69) is 11.3 Å². The molecule has 0 amide bonds. The Morgan fingerprint density at radius 1 is 1.67 bits per heavy atom. The van der Waals surface area contributed by atoms with Gasteiger partial charge in [-0.05, 0) is 0 Å². The Morgan fingerprint density at radius 2 is 2.11 bits per heavy atom. The summed E-state index contributed by atoms with van der Waals surface area (Å²) in [4.78, 5) is 20.1. The largest absolute Gasteiger partial charge is 1.00 e. The van der Waals surface area contributed by atoms with E-state index in [1.165, 1.54) is 0 Å². The van der Waals surface area contributed by atoms with Gasteiger partial charge >= 0.3 is 13.4 Å². The van der Waals surface area contributed by atoms with Crippen molar-refractivity contribution in [2.75, 3.05) is 7.11 Å². The third-order valence-corrected chi connectivity index (χ3v) is 0.690. The van der Waals surface area contributed by atoms with Gasteiger partial charge in [0.25, 0.3) is 0 Å². The molecule has 0 aromatic carbocycles. The van der Waals surface area contributed by atoms with Crippen LogP contribution in [0.25, 0.3) is 0 Å². The van der Waals surface area contributed by atoms with Crippen molar-refractivity contribution in [3.8, 4) is 0 Å². The maximum absolute atomic E-state index is 10.3. The predicted molar refractivity (Wildman–Crippen MR) is 29.9 cm³/mol. The van der Waals surface area contributed by atoms with Gasteiger partial charge in [0.1, 0.15) is 5.57 Å². The lowest BCUT2D eigenvalue weighted by molar-refractivity contribution is -0.142. The lowest BCUT2D eigenvalue weighted by Crippen LogP contribution is -2.11. The van der Waals surface area contributed by atoms with E-state index in [-0.39, 0.29) is 1.43 Å². The van der Waals surface area contributed by atoms with Gasteiger partial charge in [-0.15, -0.1) is 0 Å². The molecule has 0 aliphatic heterocycles. The first-order chi connectivity index (χ1) is 4.09. The smallest absolute Gasteiger partial charge is 0.477 e. The summed E-state index contributed by atoms with van der Waals surface area (Å²) < 4.78 is 4.05. The molecule has 0 heterocycles. The molecule has 0 saturated carbocycles. The molecule has 0 radical (unpaired) electrons. The second-order valence-corrected chi connectivity index (χ2v) is 1.28. The normalized spacial score (nSPS) is 8.11. The van der Waals surface area contributed by atoms with Gasteiger partial charge in [0.15, 0.2) is 0 Å². The molecule has 0 spiro atoms. The molecule has 0 fully saturated rings. The highest BCUT2D eigenvalue weighted by Crippen LogP contribution is 1.91. The molecule has 9 heavy (non-hydrogen) atoms. The average molecular weight is 131 g/mol. The van der Waals surface area contributed by atoms with Crippen LogP contribution in [0.1, 0.15) is 1.43 Å². The lowest BCUT2D eigenvalue weighted by Gasteiger charge is -1.94. The van der Waals surface area contributed by atoms with Crippen molar-refractivity contribution in [3.05, 3.63) is 12.2 Å². The number of esters is 1. The number of carboxylic acids is 1. The quantitative estimate of drug-likeness (QED) is 0.246. The molecule has 1 N–H and O–H groups in total. The van der Waals surface area contributed by atoms with E-state index in [0.717, 1.165) is 7.11 Å². The average Bonchev–Trinajstić information content (AvgIpc) is 1.84. The van der Waals surface area contributed by atoms with Crippen molar-refractivity contribution in [3.63, 3.8) is 0 Å². The summed E-state index contributed by atoms with van der Waals surface area (Å²) in [6, 6.07) is 0. The van der Waals surface area contributed by atoms with Crippen molar-refractivity contribution in [1.82, 2.24) is 0 Å². The number of carbonyl (C=O) groups is 2. The number of rotatable bonds is 2. The molecule has 0 aliphatic rings. The van der Waals surface area contributed by atoms with E-state index in [1.807, 2.05) is 0 Å². The minimum absolute atomic E-state index is 0. The van der Waals surface area contributed by atoms with Crippen LogP contribution in [-0.2, 0) is 14.3 Å². The molecular weight excluding hydrogens is 124 g/mol. The van der Waals surface area contributed by atoms with Gasteiger partial charge in [0.2, 0.25) is 0 Å². The monoisotopic (exact) mass is 131 g/mol. The second kappa shape index (κ2) is 2.86. The van der Waals surface area contributed by atoms with Crippen LogP contribution in [0.5, 0.6) is 0 Å². The highest BCUT2D eigenvalue weighted by molar-refractivity contribution is 6.12. The van der Waals surface area contributed by atoms with Gasteiger partial charge in [0.05, 0.1) is 7.11 Å². The molecule has 0 rings (SSSR count). The number of carbonyl (C=O) groups excluding carboxylic acids is 1. The lowest BCUT2D eigenvalue weighted by atomic mass is 10.3. The first kappa shape index (κ1) is 7.68. The van der Waals surface area contributed by atoms with Gasteiger partial charge in [-0.1, -0.05) is 6.58 Å². The minimum atomic E-state index is -1.36. The van der Waals surface area contributed by atoms with Crippen molar-refractivity contribution in [1.29, 1.82) is 0 Å². The standard InChI is InChI=1S/C5H6O4/c1-3(4(6)7)5(8)9-2/h1H2,2H3,(H,6,7)/p+1. The molecular formula is C5H7O4+. The number of hydrogen-bond acceptors (Lipinski definition) is 3. The fourth-order valence-electron chi connectivity index (χ4n) is 0.211. The zero-order chi connectivity index (χ0) is 7.44. The highest BCUT2D eigenvalue weighted by Gasteiger charge is 2.13. The van der Waals surface area contributed by atoms with Crippen LogP contribution in [0.4, 0.5) is 0 Å². The van der Waals surface area contributed by atoms with Gasteiger partial charge in [-0.25, -0.2) is 9.59 Å². The number of aliphatic carboxylic acids is 1. The fourth-order valence-corrected chi connectivity index (χ4v) is 0.211. The van der Waals surface area contributed by atoms with E-state index in [4.69, 9.17) is 5.11 Å². The van der Waals surface area contributed by atoms with E-state index in [9.17, 15) is 9.59 Å². The van der Waals surface area contributed by atoms with Crippen LogP contribution in [0.2, 0.25) is 0 Å². The van der Waals surface area contributed by atoms with Gasteiger partial charge in [-0.2, -0.15) is 0 Å². The Morgan fingerprint density at radius 3 is 2.22 bits per heavy atom. The van der Waals surface area contributed by atoms with E-state index in [1.54, 1.807) is 0 Å². The first-order valence-electron chi connectivity index (χ1n) is 2.10. The first-order valence-corrected chi connectivity index (χ1v) is 2.10. The number of carboxylic acid groups (broad SMARTS) is 1. The summed E-state index contributed by atoms with van der Waals surface area (Å²) in [7, 11) is 1.09. The van der Waals surface area contributed by atoms with Crippen molar-refractivity contribution in [2.45, 2.75) is 0 Å². The molecule has 0 saturated heterocycles. The van der Waals surface area contributed by atoms with E-state index in [0.29, 0.717) is 0 Å². The Kier molecular flexibility index (Phi) is 2.44. The summed E-state index contributed by atoms with van der Waals surface area (Å²) in [5.74, 6) is -2.27. The van der Waals surface area contributed by atoms with Crippen LogP contribution in [-0.4, -0.2) is 24.2 Å². The SMILES string of the molecule is C=C(C(=O)O)C(=O)OC.[H+]. The van der Waals surface area contributed by atoms with Gasteiger partial charge in [0, 0.05) is 0 Å². The highest BCUT2D eigenvalue weighted by atomic mass is 16.5. The van der Waals surface area contributed by atoms with Crippen molar-refractivity contribution >= 4 is 11.9 Å². The van der Waals surface area contributed by atoms with Crippen molar-refractivity contribution < 1.29 is 20.9 Å². The Labute approximate surface area is 53.2 Å². The second-order valence-electron chi connectivity index (χ2n) is 1.28. The summed E-state index contributed by atoms with van der Waals surface area (Å²) in [5, 5.41) is 8.08. The third-order valence-electron chi connectivity index (χ3n) is 0.690. The molecule has 4 nitrogen and oxygen atoms in total. The molecule has 0 aliphatic carbocycles. The maximum Gasteiger partial charge on any atom is 1.00 e. The molecule has 4 heteroatoms. The molecule has 50 valence electrons. The molecule has 0 bridgehead atoms. The van der Waals surface area contributed by atoms with Crippen LogP contribution < -0.4 is 0 Å². The number of methoxy groups -OCH3 is 1. The summed E-state index contributed by atoms with van der Waals surface area (Å²) in [5.41, 5.74) is -0.558. The zero-order valence-corrected chi connectivity index (χ0v) is 4.88. The topological polar surface area (TPSA) is 63.6 Å². The van der Waals surface area contributed by atoms with E-state index < -0.39 is 17.5 Å². The molecule has 0 atom stereocenters. The Bertz CT molecular complexity index is 163. The Hall–Kier alpha value is -1.32. The summed E-state index contributed by atoms with van der Waals surface area (Å²) >= 11 is 0. The van der Waals surface area contributed by atoms with Gasteiger partial charge < -0.3 is 9.84 Å².